The third-order valence-corrected chi connectivity index (χ3v) is 3.16. The molecule has 2 rings (SSSR count). The van der Waals surface area contributed by atoms with E-state index in [1.165, 1.54) is 12.4 Å². The smallest absolute Gasteiger partial charge is 0.271 e. The van der Waals surface area contributed by atoms with E-state index in [9.17, 15) is 4.79 Å². The average molecular weight is 305 g/mol. The number of hydrogen-bond acceptors (Lipinski definition) is 4. The fraction of sp³-hybridized carbons (Fsp3) is 0.267. The molecule has 2 aromatic rings. The van der Waals surface area contributed by atoms with Gasteiger partial charge in [-0.1, -0.05) is 17.7 Å². The molecule has 1 aromatic carbocycles. The Morgan fingerprint density at radius 3 is 2.57 bits per heavy atom. The monoisotopic (exact) mass is 304 g/mol. The maximum Gasteiger partial charge on any atom is 0.271 e. The van der Waals surface area contributed by atoms with E-state index in [1.807, 2.05) is 39.0 Å². The van der Waals surface area contributed by atoms with Gasteiger partial charge in [-0.05, 0) is 38.5 Å². The van der Waals surface area contributed by atoms with Gasteiger partial charge in [0.05, 0.1) is 12.4 Å². The molecule has 0 bridgehead atoms. The van der Waals surface area contributed by atoms with E-state index < -0.39 is 0 Å². The van der Waals surface area contributed by atoms with Gasteiger partial charge < -0.3 is 10.6 Å². The van der Waals surface area contributed by atoms with Crippen LogP contribution >= 0.6 is 11.6 Å². The molecule has 0 atom stereocenters. The number of hydrogen-bond donors (Lipinski definition) is 2. The number of carbonyl (C=O) groups is 1. The van der Waals surface area contributed by atoms with Crippen LogP contribution in [0.5, 0.6) is 0 Å². The summed E-state index contributed by atoms with van der Waals surface area (Å²) in [5, 5.41) is 6.53. The van der Waals surface area contributed by atoms with Crippen LogP contribution in [-0.2, 0) is 0 Å². The number of nitrogens with zero attached hydrogens (tertiary/aromatic N) is 2. The van der Waals surface area contributed by atoms with Crippen molar-refractivity contribution in [3.63, 3.8) is 0 Å². The Bertz CT molecular complexity index is 641. The van der Waals surface area contributed by atoms with E-state index in [4.69, 9.17) is 11.6 Å². The zero-order chi connectivity index (χ0) is 15.4. The van der Waals surface area contributed by atoms with Gasteiger partial charge in [0.2, 0.25) is 0 Å². The zero-order valence-electron chi connectivity index (χ0n) is 12.1. The van der Waals surface area contributed by atoms with E-state index in [-0.39, 0.29) is 17.6 Å². The molecule has 21 heavy (non-hydrogen) atoms. The molecule has 5 nitrogen and oxygen atoms in total. The fourth-order valence-corrected chi connectivity index (χ4v) is 1.85. The summed E-state index contributed by atoms with van der Waals surface area (Å²) in [5.74, 6) is 0.318. The predicted octanol–water partition coefficient (Wildman–Crippen LogP) is 3.32. The number of benzene rings is 1. The summed E-state index contributed by atoms with van der Waals surface area (Å²) >= 11 is 6.07. The molecule has 0 unspecified atom stereocenters. The van der Waals surface area contributed by atoms with Crippen molar-refractivity contribution in [3.05, 3.63) is 46.9 Å². The molecule has 110 valence electrons. The van der Waals surface area contributed by atoms with Crippen molar-refractivity contribution in [2.24, 2.45) is 0 Å². The highest BCUT2D eigenvalue weighted by molar-refractivity contribution is 6.31. The topological polar surface area (TPSA) is 66.9 Å². The Balaban J connectivity index is 2.08. The van der Waals surface area contributed by atoms with Crippen molar-refractivity contribution in [3.8, 4) is 0 Å². The summed E-state index contributed by atoms with van der Waals surface area (Å²) in [5.41, 5.74) is 2.12. The van der Waals surface area contributed by atoms with Gasteiger partial charge in [-0.15, -0.1) is 0 Å². The van der Waals surface area contributed by atoms with E-state index in [1.54, 1.807) is 0 Å². The molecule has 0 saturated carbocycles. The van der Waals surface area contributed by atoms with E-state index >= 15 is 0 Å². The number of anilines is 2. The lowest BCUT2D eigenvalue weighted by atomic mass is 10.2. The van der Waals surface area contributed by atoms with Gasteiger partial charge in [-0.3, -0.25) is 4.79 Å². The Hall–Kier alpha value is -2.14. The summed E-state index contributed by atoms with van der Waals surface area (Å²) in [6.45, 7) is 5.72. The largest absolute Gasteiger partial charge is 0.348 e. The molecule has 0 aliphatic heterocycles. The quantitative estimate of drug-likeness (QED) is 0.909. The van der Waals surface area contributed by atoms with Gasteiger partial charge in [-0.25, -0.2) is 9.97 Å². The molecule has 0 spiro atoms. The molecular formula is C15H17ClN4O. The predicted molar refractivity (Wildman–Crippen MR) is 84.1 cm³/mol. The lowest BCUT2D eigenvalue weighted by Crippen LogP contribution is -2.30. The second-order valence-electron chi connectivity index (χ2n) is 5.00. The summed E-state index contributed by atoms with van der Waals surface area (Å²) < 4.78 is 0. The highest BCUT2D eigenvalue weighted by atomic mass is 35.5. The van der Waals surface area contributed by atoms with Crippen LogP contribution in [0.2, 0.25) is 5.02 Å². The number of halogens is 1. The highest BCUT2D eigenvalue weighted by Gasteiger charge is 2.09. The molecule has 1 heterocycles. The minimum atomic E-state index is -0.234. The summed E-state index contributed by atoms with van der Waals surface area (Å²) in [4.78, 5) is 20.0. The first-order valence-electron chi connectivity index (χ1n) is 6.62. The Morgan fingerprint density at radius 1 is 1.24 bits per heavy atom. The third-order valence-electron chi connectivity index (χ3n) is 2.75. The lowest BCUT2D eigenvalue weighted by molar-refractivity contribution is 0.0937. The van der Waals surface area contributed by atoms with E-state index in [0.29, 0.717) is 10.8 Å². The standard InChI is InChI=1S/C15H17ClN4O/c1-9(2)19-15(21)13-7-18-14(8-17-13)20-11-5-4-10(3)12(16)6-11/h4-9H,1-3H3,(H,18,20)(H,19,21). The SMILES string of the molecule is Cc1ccc(Nc2cnc(C(=O)NC(C)C)cn2)cc1Cl. The molecule has 0 aliphatic carbocycles. The van der Waals surface area contributed by atoms with Crippen molar-refractivity contribution in [2.75, 3.05) is 5.32 Å². The van der Waals surface area contributed by atoms with Crippen molar-refractivity contribution < 1.29 is 4.79 Å². The first-order valence-corrected chi connectivity index (χ1v) is 6.99. The highest BCUT2D eigenvalue weighted by Crippen LogP contribution is 2.22. The number of aryl methyl sites for hydroxylation is 1. The van der Waals surface area contributed by atoms with Crippen LogP contribution in [0.3, 0.4) is 0 Å². The Labute approximate surface area is 128 Å². The Kier molecular flexibility index (Phi) is 4.75. The van der Waals surface area contributed by atoms with Gasteiger partial charge in [-0.2, -0.15) is 0 Å². The second kappa shape index (κ2) is 6.54. The van der Waals surface area contributed by atoms with Crippen LogP contribution in [0.25, 0.3) is 0 Å². The van der Waals surface area contributed by atoms with E-state index in [0.717, 1.165) is 11.3 Å². The van der Waals surface area contributed by atoms with Crippen LogP contribution in [0, 0.1) is 6.92 Å². The van der Waals surface area contributed by atoms with Gasteiger partial charge in [0.1, 0.15) is 11.5 Å². The summed E-state index contributed by atoms with van der Waals surface area (Å²) in [6.07, 6.45) is 2.96. The van der Waals surface area contributed by atoms with Crippen molar-refractivity contribution in [1.29, 1.82) is 0 Å². The second-order valence-corrected chi connectivity index (χ2v) is 5.41. The number of nitrogens with one attached hydrogen (secondary N) is 2. The normalized spacial score (nSPS) is 10.5. The number of carbonyl (C=O) groups excluding carboxylic acids is 1. The minimum Gasteiger partial charge on any atom is -0.348 e. The molecule has 0 fully saturated rings. The van der Waals surface area contributed by atoms with Gasteiger partial charge in [0, 0.05) is 16.8 Å². The molecule has 0 aliphatic rings. The average Bonchev–Trinajstić information content (AvgIpc) is 2.43. The van der Waals surface area contributed by atoms with Crippen molar-refractivity contribution in [2.45, 2.75) is 26.8 Å². The van der Waals surface area contributed by atoms with Crippen molar-refractivity contribution >= 4 is 29.0 Å². The minimum absolute atomic E-state index is 0.0619. The molecule has 1 amide bonds. The maximum atomic E-state index is 11.8. The van der Waals surface area contributed by atoms with Gasteiger partial charge in [0.25, 0.3) is 5.91 Å². The lowest BCUT2D eigenvalue weighted by Gasteiger charge is -2.09. The third kappa shape index (κ3) is 4.16. The van der Waals surface area contributed by atoms with Crippen LogP contribution < -0.4 is 10.6 Å². The van der Waals surface area contributed by atoms with Crippen LogP contribution in [0.4, 0.5) is 11.5 Å². The molecular weight excluding hydrogens is 288 g/mol. The fourth-order valence-electron chi connectivity index (χ4n) is 1.66. The van der Waals surface area contributed by atoms with E-state index in [2.05, 4.69) is 20.6 Å². The van der Waals surface area contributed by atoms with Crippen LogP contribution in [-0.4, -0.2) is 21.9 Å². The number of rotatable bonds is 4. The maximum absolute atomic E-state index is 11.8. The number of aromatic nitrogens is 2. The molecule has 6 heteroatoms. The number of amides is 1. The Morgan fingerprint density at radius 2 is 2.00 bits per heavy atom. The molecule has 2 N–H and O–H groups in total. The summed E-state index contributed by atoms with van der Waals surface area (Å²) in [6, 6.07) is 5.70. The van der Waals surface area contributed by atoms with Gasteiger partial charge in [0.15, 0.2) is 0 Å². The van der Waals surface area contributed by atoms with Gasteiger partial charge >= 0.3 is 0 Å². The van der Waals surface area contributed by atoms with Crippen molar-refractivity contribution in [1.82, 2.24) is 15.3 Å². The summed E-state index contributed by atoms with van der Waals surface area (Å²) in [7, 11) is 0. The molecule has 1 aromatic heterocycles. The first kappa shape index (κ1) is 15.3. The molecule has 0 radical (unpaired) electrons. The van der Waals surface area contributed by atoms with Crippen LogP contribution in [0.15, 0.2) is 30.6 Å². The first-order chi connectivity index (χ1) is 9.95. The van der Waals surface area contributed by atoms with Crippen LogP contribution in [0.1, 0.15) is 29.9 Å². The molecule has 0 saturated heterocycles. The zero-order valence-corrected chi connectivity index (χ0v) is 12.9.